The summed E-state index contributed by atoms with van der Waals surface area (Å²) in [5.41, 5.74) is 3.61. The van der Waals surface area contributed by atoms with Crippen molar-refractivity contribution < 1.29 is 13.9 Å². The molecule has 1 atom stereocenters. The highest BCUT2D eigenvalue weighted by Crippen LogP contribution is 2.39. The van der Waals surface area contributed by atoms with Crippen molar-refractivity contribution in [2.45, 2.75) is 33.2 Å². The van der Waals surface area contributed by atoms with E-state index < -0.39 is 6.04 Å². The molecular weight excluding hydrogens is 404 g/mol. The minimum Gasteiger partial charge on any atom is -0.494 e. The van der Waals surface area contributed by atoms with Crippen molar-refractivity contribution in [2.24, 2.45) is 0 Å². The van der Waals surface area contributed by atoms with Gasteiger partial charge in [-0.1, -0.05) is 19.1 Å². The fraction of sp³-hybridized carbons (Fsp3) is 0.385. The van der Waals surface area contributed by atoms with Crippen LogP contribution in [0.15, 0.2) is 45.6 Å². The Balaban J connectivity index is 1.90. The van der Waals surface area contributed by atoms with Gasteiger partial charge in [-0.3, -0.25) is 9.59 Å². The maximum Gasteiger partial charge on any atom is 0.290 e. The lowest BCUT2D eigenvalue weighted by atomic mass is 9.97. The van der Waals surface area contributed by atoms with Gasteiger partial charge >= 0.3 is 0 Å². The second-order valence-electron chi connectivity index (χ2n) is 8.73. The summed E-state index contributed by atoms with van der Waals surface area (Å²) in [7, 11) is 3.93. The number of carbonyl (C=O) groups excluding carboxylic acids is 1. The highest BCUT2D eigenvalue weighted by atomic mass is 16.5. The number of fused-ring (bicyclic) bond motifs is 2. The average molecular weight is 435 g/mol. The highest BCUT2D eigenvalue weighted by molar-refractivity contribution is 5.99. The number of ether oxygens (including phenoxy) is 1. The Kier molecular flexibility index (Phi) is 6.07. The standard InChI is InChI=1S/C26H30N2O4/c1-6-12-31-19-9-7-8-18(15-19)23-22-24(29)20-13-16(2)17(3)14-21(20)32-25(22)26(30)28(23)11-10-27(4)5/h7-9,13-15,23H,6,10-12H2,1-5H3/t23-/m1/s1. The SMILES string of the molecule is CCCOc1cccc([C@@H]2c3c(oc4cc(C)c(C)cc4c3=O)C(=O)N2CCN(C)C)c1. The Hall–Kier alpha value is -3.12. The van der Waals surface area contributed by atoms with Crippen molar-refractivity contribution in [3.8, 4) is 5.75 Å². The molecule has 6 nitrogen and oxygen atoms in total. The fourth-order valence-electron chi connectivity index (χ4n) is 4.15. The van der Waals surface area contributed by atoms with E-state index in [0.29, 0.717) is 36.2 Å². The van der Waals surface area contributed by atoms with E-state index in [1.54, 1.807) is 4.90 Å². The maximum absolute atomic E-state index is 13.7. The highest BCUT2D eigenvalue weighted by Gasteiger charge is 2.42. The van der Waals surface area contributed by atoms with Gasteiger partial charge in [0.1, 0.15) is 11.3 Å². The van der Waals surface area contributed by atoms with Crippen LogP contribution in [0.5, 0.6) is 5.75 Å². The van der Waals surface area contributed by atoms with E-state index in [1.807, 2.05) is 69.2 Å². The number of amides is 1. The van der Waals surface area contributed by atoms with Crippen molar-refractivity contribution in [3.63, 3.8) is 0 Å². The number of rotatable bonds is 7. The second kappa shape index (κ2) is 8.79. The molecule has 0 saturated heterocycles. The third-order valence-corrected chi connectivity index (χ3v) is 6.02. The lowest BCUT2D eigenvalue weighted by Crippen LogP contribution is -2.35. The van der Waals surface area contributed by atoms with E-state index in [4.69, 9.17) is 9.15 Å². The molecule has 2 aromatic carbocycles. The minimum atomic E-state index is -0.509. The third kappa shape index (κ3) is 3.91. The molecule has 1 aromatic heterocycles. The van der Waals surface area contributed by atoms with E-state index in [9.17, 15) is 9.59 Å². The van der Waals surface area contributed by atoms with Crippen LogP contribution in [0.3, 0.4) is 0 Å². The summed E-state index contributed by atoms with van der Waals surface area (Å²) in [5, 5.41) is 0.512. The summed E-state index contributed by atoms with van der Waals surface area (Å²) in [5.74, 6) is 0.632. The third-order valence-electron chi connectivity index (χ3n) is 6.02. The number of carbonyl (C=O) groups is 1. The predicted molar refractivity (Wildman–Crippen MR) is 126 cm³/mol. The Morgan fingerprint density at radius 2 is 1.84 bits per heavy atom. The van der Waals surface area contributed by atoms with Gasteiger partial charge in [-0.25, -0.2) is 0 Å². The lowest BCUT2D eigenvalue weighted by Gasteiger charge is -2.26. The Morgan fingerprint density at radius 1 is 1.09 bits per heavy atom. The number of aryl methyl sites for hydroxylation is 2. The molecule has 0 aliphatic carbocycles. The number of hydrogen-bond acceptors (Lipinski definition) is 5. The average Bonchev–Trinajstić information content (AvgIpc) is 3.04. The van der Waals surface area contributed by atoms with Crippen LogP contribution in [0.4, 0.5) is 0 Å². The summed E-state index contributed by atoms with van der Waals surface area (Å²) in [6.45, 7) is 7.76. The summed E-state index contributed by atoms with van der Waals surface area (Å²) in [4.78, 5) is 30.9. The van der Waals surface area contributed by atoms with Crippen LogP contribution in [0.1, 0.15) is 52.2 Å². The quantitative estimate of drug-likeness (QED) is 0.555. The molecule has 4 rings (SSSR count). The van der Waals surface area contributed by atoms with E-state index in [1.165, 1.54) is 0 Å². The van der Waals surface area contributed by atoms with E-state index >= 15 is 0 Å². The van der Waals surface area contributed by atoms with Crippen molar-refractivity contribution in [3.05, 3.63) is 74.6 Å². The van der Waals surface area contributed by atoms with Gasteiger partial charge < -0.3 is 19.0 Å². The Morgan fingerprint density at radius 3 is 2.56 bits per heavy atom. The molecule has 0 saturated carbocycles. The molecule has 0 fully saturated rings. The lowest BCUT2D eigenvalue weighted by molar-refractivity contribution is 0.0716. The summed E-state index contributed by atoms with van der Waals surface area (Å²) in [6, 6.07) is 10.9. The summed E-state index contributed by atoms with van der Waals surface area (Å²) >= 11 is 0. The van der Waals surface area contributed by atoms with E-state index in [-0.39, 0.29) is 17.1 Å². The minimum absolute atomic E-state index is 0.144. The predicted octanol–water partition coefficient (Wildman–Crippen LogP) is 4.31. The molecule has 0 N–H and O–H groups in total. The van der Waals surface area contributed by atoms with Crippen LogP contribution < -0.4 is 10.2 Å². The van der Waals surface area contributed by atoms with Gasteiger partial charge in [0.25, 0.3) is 5.91 Å². The van der Waals surface area contributed by atoms with Crippen molar-refractivity contribution in [2.75, 3.05) is 33.8 Å². The van der Waals surface area contributed by atoms with Crippen molar-refractivity contribution in [1.82, 2.24) is 9.80 Å². The Labute approximate surface area is 188 Å². The van der Waals surface area contributed by atoms with Crippen LogP contribution in [0.2, 0.25) is 0 Å². The molecule has 3 aromatic rings. The zero-order valence-electron chi connectivity index (χ0n) is 19.4. The van der Waals surface area contributed by atoms with Crippen molar-refractivity contribution in [1.29, 1.82) is 0 Å². The van der Waals surface area contributed by atoms with Crippen LogP contribution in [0, 0.1) is 13.8 Å². The molecule has 32 heavy (non-hydrogen) atoms. The number of benzene rings is 2. The molecular formula is C26H30N2O4. The van der Waals surface area contributed by atoms with E-state index in [2.05, 4.69) is 6.92 Å². The van der Waals surface area contributed by atoms with Gasteiger partial charge in [0.2, 0.25) is 5.76 Å². The van der Waals surface area contributed by atoms with Gasteiger partial charge in [-0.05, 0) is 75.3 Å². The molecule has 0 unspecified atom stereocenters. The topological polar surface area (TPSA) is 63.0 Å². The van der Waals surface area contributed by atoms with Gasteiger partial charge in [-0.15, -0.1) is 0 Å². The largest absolute Gasteiger partial charge is 0.494 e. The molecule has 168 valence electrons. The first-order chi connectivity index (χ1) is 15.3. The van der Waals surface area contributed by atoms with Crippen LogP contribution in [0.25, 0.3) is 11.0 Å². The van der Waals surface area contributed by atoms with Crippen LogP contribution in [-0.2, 0) is 0 Å². The molecule has 0 bridgehead atoms. The van der Waals surface area contributed by atoms with Crippen LogP contribution >= 0.6 is 0 Å². The van der Waals surface area contributed by atoms with Crippen LogP contribution in [-0.4, -0.2) is 49.5 Å². The zero-order chi connectivity index (χ0) is 23.0. The molecule has 6 heteroatoms. The monoisotopic (exact) mass is 434 g/mol. The van der Waals surface area contributed by atoms with Gasteiger partial charge in [-0.2, -0.15) is 0 Å². The number of likely N-dealkylation sites (N-methyl/N-ethyl adjacent to an activating group) is 1. The smallest absolute Gasteiger partial charge is 0.290 e. The normalized spacial score (nSPS) is 15.6. The first-order valence-electron chi connectivity index (χ1n) is 11.1. The van der Waals surface area contributed by atoms with Crippen molar-refractivity contribution >= 4 is 16.9 Å². The first-order valence-corrected chi connectivity index (χ1v) is 11.1. The molecule has 0 spiro atoms. The molecule has 1 aliphatic rings. The van der Waals surface area contributed by atoms with Gasteiger partial charge in [0.15, 0.2) is 5.43 Å². The molecule has 1 aliphatic heterocycles. The van der Waals surface area contributed by atoms with E-state index in [0.717, 1.165) is 28.9 Å². The number of nitrogens with zero attached hydrogens (tertiary/aromatic N) is 2. The number of hydrogen-bond donors (Lipinski definition) is 0. The van der Waals surface area contributed by atoms with Gasteiger partial charge in [0.05, 0.1) is 23.6 Å². The molecule has 1 amide bonds. The fourth-order valence-corrected chi connectivity index (χ4v) is 4.15. The summed E-state index contributed by atoms with van der Waals surface area (Å²) in [6.07, 6.45) is 0.901. The summed E-state index contributed by atoms with van der Waals surface area (Å²) < 4.78 is 11.9. The zero-order valence-corrected chi connectivity index (χ0v) is 19.4. The first kappa shape index (κ1) is 22.1. The maximum atomic E-state index is 13.7. The Bertz CT molecular complexity index is 1230. The molecule has 0 radical (unpaired) electrons. The second-order valence-corrected chi connectivity index (χ2v) is 8.73. The molecule has 2 heterocycles. The van der Waals surface area contributed by atoms with Gasteiger partial charge in [0, 0.05) is 13.1 Å².